The van der Waals surface area contributed by atoms with E-state index in [0.29, 0.717) is 59.3 Å². The maximum absolute atomic E-state index is 12.0. The summed E-state index contributed by atoms with van der Waals surface area (Å²) in [5, 5.41) is 13.9. The van der Waals surface area contributed by atoms with E-state index in [2.05, 4.69) is 22.2 Å². The molecule has 0 amide bonds. The van der Waals surface area contributed by atoms with Crippen LogP contribution in [0.5, 0.6) is 5.75 Å². The lowest BCUT2D eigenvalue weighted by molar-refractivity contribution is 0.0684. The Bertz CT molecular complexity index is 1480. The van der Waals surface area contributed by atoms with Gasteiger partial charge >= 0.3 is 5.97 Å². The average molecular weight is 550 g/mol. The van der Waals surface area contributed by atoms with Crippen molar-refractivity contribution in [3.63, 3.8) is 0 Å². The number of hydrogen-bond donors (Lipinski definition) is 2. The van der Waals surface area contributed by atoms with E-state index in [1.807, 2.05) is 54.0 Å². The fraction of sp³-hybridized carbons (Fsp3) is 0.379. The number of carboxylic acids is 1. The summed E-state index contributed by atoms with van der Waals surface area (Å²) in [5.41, 5.74) is 3.74. The second kappa shape index (κ2) is 11.6. The smallest absolute Gasteiger partial charge is 0.374 e. The van der Waals surface area contributed by atoms with E-state index in [-0.39, 0.29) is 11.9 Å². The van der Waals surface area contributed by atoms with Crippen LogP contribution in [0.2, 0.25) is 5.02 Å². The van der Waals surface area contributed by atoms with Crippen LogP contribution in [0.15, 0.2) is 42.5 Å². The summed E-state index contributed by atoms with van der Waals surface area (Å²) in [6.45, 7) is 5.37. The average Bonchev–Trinajstić information content (AvgIpc) is 3.23. The van der Waals surface area contributed by atoms with Gasteiger partial charge in [-0.3, -0.25) is 0 Å². The minimum atomic E-state index is -1.20. The molecule has 0 bridgehead atoms. The van der Waals surface area contributed by atoms with Crippen molar-refractivity contribution in [3.8, 4) is 17.1 Å². The number of carboxylic acid groups (broad SMARTS) is 1. The number of halogens is 1. The first kappa shape index (κ1) is 26.9. The molecule has 1 fully saturated rings. The van der Waals surface area contributed by atoms with Crippen LogP contribution in [0.4, 0.5) is 5.82 Å². The molecule has 204 valence electrons. The van der Waals surface area contributed by atoms with Gasteiger partial charge in [-0.15, -0.1) is 0 Å². The quantitative estimate of drug-likeness (QED) is 0.225. The molecule has 0 aliphatic heterocycles. The van der Waals surface area contributed by atoms with Crippen LogP contribution in [0.3, 0.4) is 0 Å². The van der Waals surface area contributed by atoms with E-state index in [1.165, 1.54) is 6.42 Å². The number of imidazole rings is 1. The lowest BCUT2D eigenvalue weighted by Gasteiger charge is -2.32. The maximum atomic E-state index is 12.0. The van der Waals surface area contributed by atoms with Gasteiger partial charge in [0.2, 0.25) is 5.82 Å². The first-order valence-corrected chi connectivity index (χ1v) is 13.5. The number of fused-ring (bicyclic) bond motifs is 1. The molecule has 1 atom stereocenters. The zero-order valence-corrected chi connectivity index (χ0v) is 23.0. The van der Waals surface area contributed by atoms with Crippen LogP contribution in [-0.4, -0.2) is 57.0 Å². The molecule has 39 heavy (non-hydrogen) atoms. The number of rotatable bonds is 11. The monoisotopic (exact) mass is 549 g/mol. The number of benzene rings is 2. The maximum Gasteiger partial charge on any atom is 0.374 e. The van der Waals surface area contributed by atoms with Gasteiger partial charge in [-0.1, -0.05) is 41.8 Å². The van der Waals surface area contributed by atoms with Gasteiger partial charge in [-0.05, 0) is 62.4 Å². The minimum Gasteiger partial charge on any atom is -0.490 e. The minimum absolute atomic E-state index is 0.118. The first-order chi connectivity index (χ1) is 18.8. The topological polar surface area (TPSA) is 111 Å². The van der Waals surface area contributed by atoms with E-state index >= 15 is 0 Å². The summed E-state index contributed by atoms with van der Waals surface area (Å²) in [6.07, 6.45) is 3.47. The standard InChI is InChI=1S/C29H32ClN5O4/c1-17-7-12-23(39-14-13-38-3)22(15-17)28-34-26-24(35(28)16-19-8-10-21(30)11-9-19)25(32-27(33-26)29(36)37)31-18(2)20-5-4-6-20/h7-12,15,18,20H,4-6,13-14,16H2,1-3H3,(H,36,37)(H,31,32,33). The molecule has 0 saturated heterocycles. The number of nitrogens with one attached hydrogen (secondary N) is 1. The fourth-order valence-electron chi connectivity index (χ4n) is 4.82. The number of ether oxygens (including phenoxy) is 2. The highest BCUT2D eigenvalue weighted by Gasteiger charge is 2.28. The molecule has 2 aromatic carbocycles. The number of methoxy groups -OCH3 is 1. The van der Waals surface area contributed by atoms with Crippen LogP contribution in [-0.2, 0) is 11.3 Å². The van der Waals surface area contributed by atoms with Crippen molar-refractivity contribution in [2.75, 3.05) is 25.6 Å². The summed E-state index contributed by atoms with van der Waals surface area (Å²) in [5.74, 6) is 0.715. The third-order valence-electron chi connectivity index (χ3n) is 7.19. The lowest BCUT2D eigenvalue weighted by Crippen LogP contribution is -2.31. The van der Waals surface area contributed by atoms with Gasteiger partial charge in [-0.25, -0.2) is 19.7 Å². The van der Waals surface area contributed by atoms with Gasteiger partial charge in [-0.2, -0.15) is 0 Å². The van der Waals surface area contributed by atoms with Crippen molar-refractivity contribution in [2.45, 2.75) is 45.7 Å². The summed E-state index contributed by atoms with van der Waals surface area (Å²) in [7, 11) is 1.63. The fourth-order valence-corrected chi connectivity index (χ4v) is 4.94. The molecule has 5 rings (SSSR count). The summed E-state index contributed by atoms with van der Waals surface area (Å²) in [4.78, 5) is 25.7. The number of anilines is 1. The van der Waals surface area contributed by atoms with Crippen molar-refractivity contribution < 1.29 is 19.4 Å². The zero-order chi connectivity index (χ0) is 27.5. The van der Waals surface area contributed by atoms with E-state index in [0.717, 1.165) is 29.5 Å². The van der Waals surface area contributed by atoms with Crippen molar-refractivity contribution >= 4 is 34.6 Å². The van der Waals surface area contributed by atoms with Crippen LogP contribution in [0, 0.1) is 12.8 Å². The highest BCUT2D eigenvalue weighted by atomic mass is 35.5. The Kier molecular flexibility index (Phi) is 7.99. The second-order valence-electron chi connectivity index (χ2n) is 9.99. The molecule has 9 nitrogen and oxygen atoms in total. The van der Waals surface area contributed by atoms with Gasteiger partial charge in [0, 0.05) is 24.7 Å². The van der Waals surface area contributed by atoms with Crippen molar-refractivity contribution in [1.29, 1.82) is 0 Å². The Morgan fingerprint density at radius 1 is 1.15 bits per heavy atom. The summed E-state index contributed by atoms with van der Waals surface area (Å²) < 4.78 is 13.3. The largest absolute Gasteiger partial charge is 0.490 e. The van der Waals surface area contributed by atoms with Crippen LogP contribution in [0.25, 0.3) is 22.6 Å². The number of carbonyl (C=O) groups is 1. The molecular weight excluding hydrogens is 518 g/mol. The SMILES string of the molecule is COCCOc1ccc(C)cc1-c1nc2nc(C(=O)O)nc(NC(C)C3CCC3)c2n1Cc1ccc(Cl)cc1. The lowest BCUT2D eigenvalue weighted by atomic mass is 9.80. The number of aryl methyl sites for hydroxylation is 1. The summed E-state index contributed by atoms with van der Waals surface area (Å²) in [6, 6.07) is 13.6. The Morgan fingerprint density at radius 3 is 2.59 bits per heavy atom. The Morgan fingerprint density at radius 2 is 1.92 bits per heavy atom. The second-order valence-corrected chi connectivity index (χ2v) is 10.4. The molecule has 2 aromatic heterocycles. The Labute approximate surface area is 232 Å². The van der Waals surface area contributed by atoms with Crippen LogP contribution >= 0.6 is 11.6 Å². The first-order valence-electron chi connectivity index (χ1n) is 13.1. The molecule has 0 spiro atoms. The number of hydrogen-bond acceptors (Lipinski definition) is 7. The van der Waals surface area contributed by atoms with Gasteiger partial charge in [0.05, 0.1) is 12.2 Å². The van der Waals surface area contributed by atoms with E-state index in [9.17, 15) is 9.90 Å². The third-order valence-corrected chi connectivity index (χ3v) is 7.44. The van der Waals surface area contributed by atoms with E-state index < -0.39 is 5.97 Å². The van der Waals surface area contributed by atoms with Crippen LogP contribution < -0.4 is 10.1 Å². The van der Waals surface area contributed by atoms with Crippen molar-refractivity contribution in [2.24, 2.45) is 5.92 Å². The Hall–Kier alpha value is -3.69. The van der Waals surface area contributed by atoms with Gasteiger partial charge in [0.25, 0.3) is 0 Å². The van der Waals surface area contributed by atoms with Gasteiger partial charge < -0.3 is 24.5 Å². The van der Waals surface area contributed by atoms with Crippen molar-refractivity contribution in [1.82, 2.24) is 19.5 Å². The molecular formula is C29H32ClN5O4. The number of aromatic carboxylic acids is 1. The van der Waals surface area contributed by atoms with Crippen LogP contribution in [0.1, 0.15) is 47.9 Å². The highest BCUT2D eigenvalue weighted by molar-refractivity contribution is 6.30. The molecule has 2 N–H and O–H groups in total. The molecule has 1 aliphatic rings. The number of aromatic nitrogens is 4. The highest BCUT2D eigenvalue weighted by Crippen LogP contribution is 2.37. The molecule has 0 radical (unpaired) electrons. The van der Waals surface area contributed by atoms with Crippen molar-refractivity contribution in [3.05, 3.63) is 64.4 Å². The predicted octanol–water partition coefficient (Wildman–Crippen LogP) is 5.83. The molecule has 1 unspecified atom stereocenters. The molecule has 2 heterocycles. The van der Waals surface area contributed by atoms with Gasteiger partial charge in [0.15, 0.2) is 11.5 Å². The third kappa shape index (κ3) is 5.84. The van der Waals surface area contributed by atoms with E-state index in [4.69, 9.17) is 26.1 Å². The van der Waals surface area contributed by atoms with Gasteiger partial charge in [0.1, 0.15) is 23.7 Å². The predicted molar refractivity (Wildman–Crippen MR) is 151 cm³/mol. The molecule has 10 heteroatoms. The zero-order valence-electron chi connectivity index (χ0n) is 22.3. The molecule has 1 saturated carbocycles. The number of nitrogens with zero attached hydrogens (tertiary/aromatic N) is 4. The molecule has 1 aliphatic carbocycles. The molecule has 4 aromatic rings. The van der Waals surface area contributed by atoms with E-state index in [1.54, 1.807) is 7.11 Å². The normalized spacial score (nSPS) is 14.3. The summed E-state index contributed by atoms with van der Waals surface area (Å²) >= 11 is 6.16. The Balaban J connectivity index is 1.72.